The van der Waals surface area contributed by atoms with E-state index in [1.54, 1.807) is 0 Å². The third-order valence-electron chi connectivity index (χ3n) is 6.32. The van der Waals surface area contributed by atoms with Crippen molar-refractivity contribution in [2.24, 2.45) is 0 Å². The largest absolute Gasteiger partial charge is 0.394 e. The Hall–Kier alpha value is -0.560. The molecule has 194 valence electrons. The fourth-order valence-electron chi connectivity index (χ4n) is 4.19. The number of hydrogen-bond donors (Lipinski definition) is 9. The summed E-state index contributed by atoms with van der Waals surface area (Å²) in [7, 11) is 0. The van der Waals surface area contributed by atoms with Gasteiger partial charge in [0.2, 0.25) is 0 Å². The summed E-state index contributed by atoms with van der Waals surface area (Å²) in [4.78, 5) is 0. The number of hydrogen-bond acceptors (Lipinski definition) is 14. The highest BCUT2D eigenvalue weighted by molar-refractivity contribution is 4.96. The molecule has 14 heteroatoms. The Morgan fingerprint density at radius 3 is 1.64 bits per heavy atom. The van der Waals surface area contributed by atoms with Gasteiger partial charge in [-0.3, -0.25) is 0 Å². The van der Waals surface area contributed by atoms with Crippen molar-refractivity contribution in [3.05, 3.63) is 0 Å². The summed E-state index contributed by atoms with van der Waals surface area (Å²) >= 11 is 0. The second-order valence-corrected chi connectivity index (χ2v) is 8.63. The van der Waals surface area contributed by atoms with Crippen LogP contribution in [0.25, 0.3) is 0 Å². The molecule has 3 rings (SSSR count). The first kappa shape index (κ1) is 27.0. The molecule has 3 aliphatic heterocycles. The lowest BCUT2D eigenvalue weighted by Crippen LogP contribution is -2.66. The Kier molecular flexibility index (Phi) is 9.02. The number of ether oxygens (including phenoxy) is 5. The summed E-state index contributed by atoms with van der Waals surface area (Å²) in [6, 6.07) is 0. The zero-order valence-corrected chi connectivity index (χ0v) is 18.1. The van der Waals surface area contributed by atoms with Crippen LogP contribution in [0.4, 0.5) is 0 Å². The Bertz CT molecular complexity index is 623. The van der Waals surface area contributed by atoms with Crippen molar-refractivity contribution in [2.75, 3.05) is 13.2 Å². The standard InChI is InChI=1S/C19H34O14/c1-5-10(23)13(26)16(8(4-21)29-5)32-19-17(14(27)11(24)7(3-20)31-19)33-18-15(28)12(25)9(22)6(2)30-18/h5-28H,3-4H2,1-2H3/t5?,6?,7?,8?,9-,10?,11+,12+,13?,14+,15?,16-,17?,18+,19+/m1/s1. The molecule has 0 amide bonds. The molecule has 3 heterocycles. The molecule has 14 nitrogen and oxygen atoms in total. The Labute approximate surface area is 189 Å². The van der Waals surface area contributed by atoms with E-state index in [2.05, 4.69) is 0 Å². The highest BCUT2D eigenvalue weighted by atomic mass is 16.8. The Morgan fingerprint density at radius 2 is 1.03 bits per heavy atom. The summed E-state index contributed by atoms with van der Waals surface area (Å²) in [5.74, 6) is 0. The van der Waals surface area contributed by atoms with Crippen LogP contribution in [0, 0.1) is 0 Å². The average molecular weight is 486 g/mol. The lowest BCUT2D eigenvalue weighted by atomic mass is 9.94. The van der Waals surface area contributed by atoms with E-state index in [1.165, 1.54) is 13.8 Å². The van der Waals surface area contributed by atoms with E-state index in [4.69, 9.17) is 23.7 Å². The normalized spacial score (nSPS) is 53.7. The molecule has 8 unspecified atom stereocenters. The van der Waals surface area contributed by atoms with Crippen molar-refractivity contribution in [2.45, 2.75) is 106 Å². The monoisotopic (exact) mass is 486 g/mol. The van der Waals surface area contributed by atoms with E-state index in [0.717, 1.165) is 0 Å². The fraction of sp³-hybridized carbons (Fsp3) is 1.00. The third-order valence-corrected chi connectivity index (χ3v) is 6.32. The third kappa shape index (κ3) is 5.34. The predicted octanol–water partition coefficient (Wildman–Crippen LogP) is -5.48. The molecule has 0 radical (unpaired) electrons. The minimum atomic E-state index is -1.76. The fourth-order valence-corrected chi connectivity index (χ4v) is 4.19. The maximum Gasteiger partial charge on any atom is 0.187 e. The van der Waals surface area contributed by atoms with Crippen LogP contribution in [-0.4, -0.2) is 151 Å². The average Bonchev–Trinajstić information content (AvgIpc) is 2.80. The van der Waals surface area contributed by atoms with Crippen LogP contribution >= 0.6 is 0 Å². The molecule has 0 aromatic carbocycles. The van der Waals surface area contributed by atoms with Gasteiger partial charge in [0.05, 0.1) is 25.4 Å². The van der Waals surface area contributed by atoms with Crippen LogP contribution in [0.2, 0.25) is 0 Å². The summed E-state index contributed by atoms with van der Waals surface area (Å²) in [5.41, 5.74) is 0. The van der Waals surface area contributed by atoms with Crippen molar-refractivity contribution < 1.29 is 69.6 Å². The first-order valence-electron chi connectivity index (χ1n) is 10.8. The number of rotatable bonds is 6. The molecule has 0 spiro atoms. The van der Waals surface area contributed by atoms with Gasteiger partial charge in [-0.1, -0.05) is 0 Å². The topological polar surface area (TPSA) is 228 Å². The van der Waals surface area contributed by atoms with Crippen LogP contribution in [0.1, 0.15) is 13.8 Å². The quantitative estimate of drug-likeness (QED) is 0.171. The second-order valence-electron chi connectivity index (χ2n) is 8.63. The van der Waals surface area contributed by atoms with Gasteiger partial charge in [-0.05, 0) is 13.8 Å². The molecule has 3 aliphatic rings. The van der Waals surface area contributed by atoms with Crippen LogP contribution in [-0.2, 0) is 23.7 Å². The highest BCUT2D eigenvalue weighted by Crippen LogP contribution is 2.32. The number of aliphatic hydroxyl groups excluding tert-OH is 9. The predicted molar refractivity (Wildman–Crippen MR) is 103 cm³/mol. The Morgan fingerprint density at radius 1 is 0.515 bits per heavy atom. The van der Waals surface area contributed by atoms with Crippen molar-refractivity contribution in [1.82, 2.24) is 0 Å². The molecule has 33 heavy (non-hydrogen) atoms. The van der Waals surface area contributed by atoms with Crippen LogP contribution in [0.3, 0.4) is 0 Å². The van der Waals surface area contributed by atoms with Gasteiger partial charge < -0.3 is 69.6 Å². The summed E-state index contributed by atoms with van der Waals surface area (Å²) in [5, 5.41) is 90.8. The maximum absolute atomic E-state index is 10.6. The first-order chi connectivity index (χ1) is 15.5. The minimum Gasteiger partial charge on any atom is -0.394 e. The maximum atomic E-state index is 10.6. The van der Waals surface area contributed by atoms with E-state index in [1.807, 2.05) is 0 Å². The molecule has 0 aliphatic carbocycles. The van der Waals surface area contributed by atoms with Crippen LogP contribution in [0.5, 0.6) is 0 Å². The summed E-state index contributed by atoms with van der Waals surface area (Å²) in [6.07, 6.45) is -21.5. The Balaban J connectivity index is 1.83. The first-order valence-corrected chi connectivity index (χ1v) is 10.8. The molecule has 0 saturated carbocycles. The van der Waals surface area contributed by atoms with E-state index < -0.39 is 105 Å². The molecule has 15 atom stereocenters. The highest BCUT2D eigenvalue weighted by Gasteiger charge is 2.53. The van der Waals surface area contributed by atoms with E-state index in [-0.39, 0.29) is 0 Å². The lowest BCUT2D eigenvalue weighted by molar-refractivity contribution is -0.380. The van der Waals surface area contributed by atoms with Gasteiger partial charge >= 0.3 is 0 Å². The second kappa shape index (κ2) is 11.0. The number of aliphatic hydroxyl groups is 9. The summed E-state index contributed by atoms with van der Waals surface area (Å²) < 4.78 is 27.6. The van der Waals surface area contributed by atoms with Gasteiger partial charge in [0, 0.05) is 0 Å². The van der Waals surface area contributed by atoms with Gasteiger partial charge in [-0.25, -0.2) is 0 Å². The molecule has 0 aromatic rings. The van der Waals surface area contributed by atoms with Crippen molar-refractivity contribution in [3.8, 4) is 0 Å². The zero-order chi connectivity index (χ0) is 24.6. The van der Waals surface area contributed by atoms with Crippen molar-refractivity contribution >= 4 is 0 Å². The molecule has 3 fully saturated rings. The van der Waals surface area contributed by atoms with Gasteiger partial charge in [0.1, 0.15) is 67.1 Å². The van der Waals surface area contributed by atoms with Crippen molar-refractivity contribution in [1.29, 1.82) is 0 Å². The van der Waals surface area contributed by atoms with Gasteiger partial charge in [-0.2, -0.15) is 0 Å². The summed E-state index contributed by atoms with van der Waals surface area (Å²) in [6.45, 7) is 1.58. The van der Waals surface area contributed by atoms with Gasteiger partial charge in [0.25, 0.3) is 0 Å². The minimum absolute atomic E-state index is 0.600. The van der Waals surface area contributed by atoms with E-state index in [0.29, 0.717) is 0 Å². The SMILES string of the molecule is CC1OC(CO)[C@@H](O[C@@H]2OC(CO)[C@H](O)[C@H](O)C2O[C@@H]2OC(C)[C@@H](O)[C@H](O)C2O)C(O)C1O. The van der Waals surface area contributed by atoms with E-state index >= 15 is 0 Å². The molecule has 9 N–H and O–H groups in total. The van der Waals surface area contributed by atoms with Crippen molar-refractivity contribution in [3.63, 3.8) is 0 Å². The van der Waals surface area contributed by atoms with Crippen LogP contribution < -0.4 is 0 Å². The van der Waals surface area contributed by atoms with Crippen LogP contribution in [0.15, 0.2) is 0 Å². The van der Waals surface area contributed by atoms with Gasteiger partial charge in [-0.15, -0.1) is 0 Å². The molecule has 3 saturated heterocycles. The smallest absolute Gasteiger partial charge is 0.187 e. The van der Waals surface area contributed by atoms with Gasteiger partial charge in [0.15, 0.2) is 12.6 Å². The lowest BCUT2D eigenvalue weighted by Gasteiger charge is -2.48. The zero-order valence-electron chi connectivity index (χ0n) is 18.1. The molecular formula is C19H34O14. The van der Waals surface area contributed by atoms with E-state index in [9.17, 15) is 46.0 Å². The molecular weight excluding hydrogens is 452 g/mol. The molecule has 0 aromatic heterocycles. The molecule has 0 bridgehead atoms.